The maximum atomic E-state index is 14.3. The second kappa shape index (κ2) is 18.5. The van der Waals surface area contributed by atoms with Gasteiger partial charge >= 0.3 is 5.97 Å². The number of piperidine rings is 1. The minimum Gasteiger partial charge on any atom is -0.489 e. The molecule has 2 aliphatic carbocycles. The Kier molecular flexibility index (Phi) is 12.5. The van der Waals surface area contributed by atoms with Crippen LogP contribution < -0.4 is 24.4 Å². The van der Waals surface area contributed by atoms with Crippen LogP contribution in [0.4, 0.5) is 17.1 Å². The number of ether oxygens (including phenoxy) is 3. The summed E-state index contributed by atoms with van der Waals surface area (Å²) in [7, 11) is -3.54. The van der Waals surface area contributed by atoms with E-state index < -0.39 is 43.0 Å². The van der Waals surface area contributed by atoms with Crippen LogP contribution in [-0.4, -0.2) is 96.2 Å². The molecule has 10 rings (SSSR count). The fourth-order valence-electron chi connectivity index (χ4n) is 11.8. The van der Waals surface area contributed by atoms with Crippen molar-refractivity contribution in [3.8, 4) is 17.2 Å². The number of nitro benzene ring substituents is 1. The number of aliphatic hydroxyl groups is 1. The Morgan fingerprint density at radius 3 is 2.47 bits per heavy atom. The van der Waals surface area contributed by atoms with Crippen molar-refractivity contribution in [2.45, 2.75) is 120 Å². The SMILES string of the molecule is COC(=O)c1nc2[nH]ccc2cc1Oc1cc(N2CCC3(CC2)CC(N2CCC[C@H]2c2ccccc2C(C)C)C3)ccc1C(=O)NS(=O)(=O)c1cc2c(c([N+](=O)[O-])c1)N[C@@H](C1CCC(C)(O)CC1)CO2. The molecule has 4 fully saturated rings. The number of likely N-dealkylation sites (tertiary alicyclic amines) is 1. The molecule has 17 nitrogen and oxygen atoms in total. The number of anilines is 2. The predicted molar refractivity (Wildman–Crippen MR) is 263 cm³/mol. The third-order valence-corrected chi connectivity index (χ3v) is 17.1. The number of carbonyl (C=O) groups is 2. The van der Waals surface area contributed by atoms with Crippen molar-refractivity contribution in [3.63, 3.8) is 0 Å². The van der Waals surface area contributed by atoms with Crippen molar-refractivity contribution in [3.05, 3.63) is 105 Å². The number of aromatic amines is 1. The Balaban J connectivity index is 0.892. The number of nitrogens with one attached hydrogen (secondary N) is 3. The van der Waals surface area contributed by atoms with Gasteiger partial charge in [-0.25, -0.2) is 22.9 Å². The molecule has 5 heterocycles. The largest absolute Gasteiger partial charge is 0.489 e. The van der Waals surface area contributed by atoms with E-state index in [9.17, 15) is 33.2 Å². The van der Waals surface area contributed by atoms with E-state index >= 15 is 0 Å². The first-order valence-corrected chi connectivity index (χ1v) is 26.0. The van der Waals surface area contributed by atoms with Crippen molar-refractivity contribution in [1.82, 2.24) is 19.6 Å². The van der Waals surface area contributed by atoms with Gasteiger partial charge in [0, 0.05) is 60.6 Å². The van der Waals surface area contributed by atoms with E-state index in [1.807, 2.05) is 0 Å². The van der Waals surface area contributed by atoms with Gasteiger partial charge in [-0.1, -0.05) is 38.1 Å². The molecule has 70 heavy (non-hydrogen) atoms. The topological polar surface area (TPSA) is 219 Å². The molecule has 18 heteroatoms. The average molecular weight is 976 g/mol. The van der Waals surface area contributed by atoms with Crippen molar-refractivity contribution >= 4 is 50.0 Å². The van der Waals surface area contributed by atoms with Gasteiger partial charge in [0.15, 0.2) is 22.9 Å². The fraction of sp³-hybridized carbons (Fsp3) is 0.481. The summed E-state index contributed by atoms with van der Waals surface area (Å²) < 4.78 is 47.7. The molecule has 2 saturated heterocycles. The molecule has 2 saturated carbocycles. The number of rotatable bonds is 12. The highest BCUT2D eigenvalue weighted by Crippen LogP contribution is 2.54. The number of hydrogen-bond donors (Lipinski definition) is 4. The maximum absolute atomic E-state index is 14.3. The van der Waals surface area contributed by atoms with Crippen molar-refractivity contribution in [1.29, 1.82) is 0 Å². The van der Waals surface area contributed by atoms with E-state index in [1.54, 1.807) is 37.4 Å². The van der Waals surface area contributed by atoms with Gasteiger partial charge in [0.1, 0.15) is 18.0 Å². The van der Waals surface area contributed by atoms with Gasteiger partial charge in [-0.3, -0.25) is 19.8 Å². The number of aromatic nitrogens is 2. The lowest BCUT2D eigenvalue weighted by atomic mass is 9.59. The number of sulfonamides is 1. The Morgan fingerprint density at radius 2 is 1.74 bits per heavy atom. The molecule has 5 aromatic rings. The van der Waals surface area contributed by atoms with Crippen LogP contribution in [-0.2, 0) is 14.8 Å². The summed E-state index contributed by atoms with van der Waals surface area (Å²) in [5.74, 6) is -1.41. The monoisotopic (exact) mass is 975 g/mol. The number of carbonyl (C=O) groups excluding carboxylic acids is 2. The molecule has 0 radical (unpaired) electrons. The molecule has 3 aromatic carbocycles. The number of nitrogens with zero attached hydrogens (tertiary/aromatic N) is 4. The van der Waals surface area contributed by atoms with Crippen LogP contribution in [0.3, 0.4) is 0 Å². The molecule has 5 aliphatic rings. The Bertz CT molecular complexity index is 2950. The Labute approximate surface area is 407 Å². The molecular formula is C52H61N7O10S. The average Bonchev–Trinajstić information content (AvgIpc) is 4.02. The zero-order valence-electron chi connectivity index (χ0n) is 40.0. The molecule has 0 unspecified atom stereocenters. The van der Waals surface area contributed by atoms with Crippen molar-refractivity contribution in [2.24, 2.45) is 11.3 Å². The normalized spacial score (nSPS) is 23.6. The predicted octanol–water partition coefficient (Wildman–Crippen LogP) is 8.99. The summed E-state index contributed by atoms with van der Waals surface area (Å²) in [5.41, 5.74) is 2.71. The van der Waals surface area contributed by atoms with Gasteiger partial charge in [-0.15, -0.1) is 0 Å². The highest BCUT2D eigenvalue weighted by atomic mass is 32.2. The van der Waals surface area contributed by atoms with Crippen LogP contribution in [0.1, 0.15) is 129 Å². The second-order valence-electron chi connectivity index (χ2n) is 20.7. The van der Waals surface area contributed by atoms with Crippen LogP contribution >= 0.6 is 0 Å². The van der Waals surface area contributed by atoms with Gasteiger partial charge in [-0.05, 0) is 130 Å². The van der Waals surface area contributed by atoms with Gasteiger partial charge in [0.05, 0.1) is 34.1 Å². The van der Waals surface area contributed by atoms with E-state index in [2.05, 4.69) is 67.9 Å². The number of methoxy groups -OCH3 is 1. The number of nitro groups is 1. The lowest BCUT2D eigenvalue weighted by Crippen LogP contribution is -2.54. The van der Waals surface area contributed by atoms with Crippen LogP contribution in [0.15, 0.2) is 77.8 Å². The molecular weight excluding hydrogens is 915 g/mol. The first kappa shape index (κ1) is 47.4. The number of hydrogen-bond acceptors (Lipinski definition) is 14. The van der Waals surface area contributed by atoms with E-state index in [0.717, 1.165) is 63.1 Å². The van der Waals surface area contributed by atoms with E-state index in [1.165, 1.54) is 37.1 Å². The molecule has 370 valence electrons. The first-order valence-electron chi connectivity index (χ1n) is 24.5. The summed E-state index contributed by atoms with van der Waals surface area (Å²) in [4.78, 5) is 51.0. The Morgan fingerprint density at radius 1 is 0.986 bits per heavy atom. The lowest BCUT2D eigenvalue weighted by Gasteiger charge is -2.56. The number of pyridine rings is 1. The quantitative estimate of drug-likeness (QED) is 0.0521. The van der Waals surface area contributed by atoms with Crippen molar-refractivity contribution < 1.29 is 42.2 Å². The van der Waals surface area contributed by atoms with Gasteiger partial charge in [0.2, 0.25) is 0 Å². The highest BCUT2D eigenvalue weighted by Gasteiger charge is 2.50. The van der Waals surface area contributed by atoms with Gasteiger partial charge in [0.25, 0.3) is 21.6 Å². The fourth-order valence-corrected chi connectivity index (χ4v) is 12.8. The van der Waals surface area contributed by atoms with Crippen LogP contribution in [0.25, 0.3) is 11.0 Å². The third kappa shape index (κ3) is 9.16. The number of esters is 1. The number of fused-ring (bicyclic) bond motifs is 2. The minimum atomic E-state index is -4.76. The smallest absolute Gasteiger partial charge is 0.360 e. The van der Waals surface area contributed by atoms with Crippen LogP contribution in [0.5, 0.6) is 17.2 Å². The maximum Gasteiger partial charge on any atom is 0.360 e. The zero-order chi connectivity index (χ0) is 49.1. The van der Waals surface area contributed by atoms with Gasteiger partial charge < -0.3 is 34.5 Å². The highest BCUT2D eigenvalue weighted by molar-refractivity contribution is 7.90. The molecule has 3 aliphatic heterocycles. The van der Waals surface area contributed by atoms with Crippen molar-refractivity contribution in [2.75, 3.05) is 43.6 Å². The summed E-state index contributed by atoms with van der Waals surface area (Å²) in [6.45, 7) is 9.10. The molecule has 2 aromatic heterocycles. The van der Waals surface area contributed by atoms with Gasteiger partial charge in [-0.2, -0.15) is 0 Å². The molecule has 1 spiro atoms. The van der Waals surface area contributed by atoms with E-state index in [0.29, 0.717) is 54.7 Å². The molecule has 1 amide bonds. The number of H-pyrrole nitrogens is 1. The number of benzene rings is 3. The Hall–Kier alpha value is -6.24. The standard InChI is InChI=1S/C52H61N7O10S/c1-31(2)37-8-5-6-9-38(37)41-10-7-21-58(41)35-28-52(29-35)18-22-57(23-19-52)34-11-12-39(43(25-34)69-45-24-33-15-20-53-48(33)55-47(45)50(61)67-4)49(60)56-70(65,66)36-26-42(59(63)64)46-44(27-36)68-30-40(54-46)32-13-16-51(3,62)17-14-32/h5-6,8-9,11-12,15,20,24-27,31-32,35,40-41,54,62H,7,10,13-14,16-19,21-23,28-30H2,1-4H3,(H,53,55)(H,56,60)/t32?,40-,41+,51?/m1/s1. The molecule has 2 atom stereocenters. The summed E-state index contributed by atoms with van der Waals surface area (Å²) in [6, 6.07) is 19.9. The molecule has 0 bridgehead atoms. The summed E-state index contributed by atoms with van der Waals surface area (Å²) >= 11 is 0. The molecule has 4 N–H and O–H groups in total. The van der Waals surface area contributed by atoms with E-state index in [4.69, 9.17) is 14.2 Å². The lowest BCUT2D eigenvalue weighted by molar-refractivity contribution is -0.384. The first-order chi connectivity index (χ1) is 33.5. The third-order valence-electron chi connectivity index (χ3n) is 15.8. The number of amides is 1. The van der Waals surface area contributed by atoms with Crippen LogP contribution in [0.2, 0.25) is 0 Å². The zero-order valence-corrected chi connectivity index (χ0v) is 40.8. The minimum absolute atomic E-state index is 0.0192. The summed E-state index contributed by atoms with van der Waals surface area (Å²) in [6.07, 6.45) is 10.8. The van der Waals surface area contributed by atoms with E-state index in [-0.39, 0.29) is 58.2 Å². The van der Waals surface area contributed by atoms with Crippen LogP contribution in [0, 0.1) is 21.4 Å². The second-order valence-corrected chi connectivity index (χ2v) is 22.3. The summed E-state index contributed by atoms with van der Waals surface area (Å²) in [5, 5.41) is 26.8.